The SMILES string of the molecule is CCc1nc(Br)nc2c(Cl)cccc12. The lowest BCUT2D eigenvalue weighted by Crippen LogP contribution is -1.94. The first-order valence-corrected chi connectivity index (χ1v) is 5.50. The van der Waals surface area contributed by atoms with Gasteiger partial charge in [0.1, 0.15) is 0 Å². The average Bonchev–Trinajstić information content (AvgIpc) is 2.18. The van der Waals surface area contributed by atoms with Crippen LogP contribution in [0.15, 0.2) is 22.9 Å². The van der Waals surface area contributed by atoms with E-state index in [1.54, 1.807) is 0 Å². The van der Waals surface area contributed by atoms with Gasteiger partial charge in [-0.3, -0.25) is 0 Å². The van der Waals surface area contributed by atoms with E-state index < -0.39 is 0 Å². The van der Waals surface area contributed by atoms with Crippen molar-refractivity contribution in [3.05, 3.63) is 33.6 Å². The molecule has 0 fully saturated rings. The number of rotatable bonds is 1. The van der Waals surface area contributed by atoms with Gasteiger partial charge in [-0.2, -0.15) is 0 Å². The van der Waals surface area contributed by atoms with Crippen LogP contribution in [0.4, 0.5) is 0 Å². The first-order valence-electron chi connectivity index (χ1n) is 4.33. The standard InChI is InChI=1S/C10H8BrClN2/c1-2-8-6-4-3-5-7(12)9(6)14-10(11)13-8/h3-5H,2H2,1H3. The molecule has 2 nitrogen and oxygen atoms in total. The van der Waals surface area contributed by atoms with Crippen molar-refractivity contribution in [2.75, 3.05) is 0 Å². The normalized spacial score (nSPS) is 10.8. The zero-order valence-corrected chi connectivity index (χ0v) is 9.93. The van der Waals surface area contributed by atoms with Crippen LogP contribution in [0.2, 0.25) is 5.02 Å². The molecule has 1 heterocycles. The molecule has 2 aromatic rings. The molecule has 0 saturated carbocycles. The molecule has 0 bridgehead atoms. The Morgan fingerprint density at radius 1 is 1.36 bits per heavy atom. The molecule has 2 rings (SSSR count). The monoisotopic (exact) mass is 270 g/mol. The lowest BCUT2D eigenvalue weighted by Gasteiger charge is -2.04. The largest absolute Gasteiger partial charge is 0.227 e. The van der Waals surface area contributed by atoms with E-state index in [9.17, 15) is 0 Å². The number of hydrogen-bond donors (Lipinski definition) is 0. The molecule has 1 aromatic carbocycles. The summed E-state index contributed by atoms with van der Waals surface area (Å²) < 4.78 is 0.593. The Bertz CT molecular complexity index is 485. The highest BCUT2D eigenvalue weighted by molar-refractivity contribution is 9.10. The fourth-order valence-corrected chi connectivity index (χ4v) is 2.03. The summed E-state index contributed by atoms with van der Waals surface area (Å²) in [4.78, 5) is 8.57. The Morgan fingerprint density at radius 3 is 2.86 bits per heavy atom. The van der Waals surface area contributed by atoms with Gasteiger partial charge in [-0.25, -0.2) is 9.97 Å². The van der Waals surface area contributed by atoms with Crippen molar-refractivity contribution < 1.29 is 0 Å². The zero-order chi connectivity index (χ0) is 10.1. The van der Waals surface area contributed by atoms with E-state index in [2.05, 4.69) is 32.8 Å². The average molecular weight is 272 g/mol. The lowest BCUT2D eigenvalue weighted by atomic mass is 10.1. The minimum Gasteiger partial charge on any atom is -0.227 e. The van der Waals surface area contributed by atoms with Gasteiger partial charge in [-0.05, 0) is 28.4 Å². The van der Waals surface area contributed by atoms with Crippen LogP contribution in [0, 0.1) is 0 Å². The molecule has 0 saturated heterocycles. The molecule has 0 amide bonds. The fraction of sp³-hybridized carbons (Fsp3) is 0.200. The van der Waals surface area contributed by atoms with E-state index >= 15 is 0 Å². The molecule has 1 aromatic heterocycles. The number of fused-ring (bicyclic) bond motifs is 1. The Hall–Kier alpha value is -0.670. The van der Waals surface area contributed by atoms with E-state index in [4.69, 9.17) is 11.6 Å². The highest BCUT2D eigenvalue weighted by Crippen LogP contribution is 2.24. The molecular weight excluding hydrogens is 263 g/mol. The Kier molecular flexibility index (Phi) is 2.70. The number of halogens is 2. The van der Waals surface area contributed by atoms with Crippen LogP contribution in [-0.4, -0.2) is 9.97 Å². The van der Waals surface area contributed by atoms with E-state index in [-0.39, 0.29) is 0 Å². The number of aryl methyl sites for hydroxylation is 1. The van der Waals surface area contributed by atoms with Crippen molar-refractivity contribution in [1.82, 2.24) is 9.97 Å². The highest BCUT2D eigenvalue weighted by atomic mass is 79.9. The highest BCUT2D eigenvalue weighted by Gasteiger charge is 2.06. The predicted molar refractivity (Wildman–Crippen MR) is 61.6 cm³/mol. The van der Waals surface area contributed by atoms with E-state index in [1.165, 1.54) is 0 Å². The third-order valence-electron chi connectivity index (χ3n) is 2.06. The number of benzene rings is 1. The molecular formula is C10H8BrClN2. The summed E-state index contributed by atoms with van der Waals surface area (Å²) in [6, 6.07) is 5.75. The van der Waals surface area contributed by atoms with Gasteiger partial charge < -0.3 is 0 Å². The molecule has 0 aliphatic rings. The molecule has 4 heteroatoms. The van der Waals surface area contributed by atoms with Crippen LogP contribution >= 0.6 is 27.5 Å². The quantitative estimate of drug-likeness (QED) is 0.741. The van der Waals surface area contributed by atoms with Crippen LogP contribution < -0.4 is 0 Å². The maximum Gasteiger partial charge on any atom is 0.197 e. The molecule has 0 aliphatic carbocycles. The van der Waals surface area contributed by atoms with Gasteiger partial charge in [-0.15, -0.1) is 0 Å². The van der Waals surface area contributed by atoms with Gasteiger partial charge in [0.05, 0.1) is 16.2 Å². The predicted octanol–water partition coefficient (Wildman–Crippen LogP) is 3.61. The maximum atomic E-state index is 6.05. The van der Waals surface area contributed by atoms with Crippen LogP contribution in [-0.2, 0) is 6.42 Å². The van der Waals surface area contributed by atoms with Crippen LogP contribution in [0.1, 0.15) is 12.6 Å². The Morgan fingerprint density at radius 2 is 2.14 bits per heavy atom. The second-order valence-corrected chi connectivity index (χ2v) is 4.05. The van der Waals surface area contributed by atoms with Gasteiger partial charge >= 0.3 is 0 Å². The second-order valence-electron chi connectivity index (χ2n) is 2.93. The molecule has 0 atom stereocenters. The summed E-state index contributed by atoms with van der Waals surface area (Å²) in [6.07, 6.45) is 0.873. The summed E-state index contributed by atoms with van der Waals surface area (Å²) in [5.74, 6) is 0. The van der Waals surface area contributed by atoms with E-state index in [1.807, 2.05) is 18.2 Å². The number of nitrogens with zero attached hydrogens (tertiary/aromatic N) is 2. The molecule has 0 N–H and O–H groups in total. The molecule has 14 heavy (non-hydrogen) atoms. The first kappa shape index (κ1) is 9.87. The first-order chi connectivity index (χ1) is 6.72. The van der Waals surface area contributed by atoms with Crippen molar-refractivity contribution in [1.29, 1.82) is 0 Å². The van der Waals surface area contributed by atoms with Crippen molar-refractivity contribution in [3.63, 3.8) is 0 Å². The minimum atomic E-state index is 0.593. The number of hydrogen-bond acceptors (Lipinski definition) is 2. The summed E-state index contributed by atoms with van der Waals surface area (Å²) in [6.45, 7) is 2.06. The second kappa shape index (κ2) is 3.83. The molecule has 0 unspecified atom stereocenters. The zero-order valence-electron chi connectivity index (χ0n) is 7.59. The van der Waals surface area contributed by atoms with Crippen molar-refractivity contribution in [3.8, 4) is 0 Å². The van der Waals surface area contributed by atoms with Crippen molar-refractivity contribution in [2.24, 2.45) is 0 Å². The summed E-state index contributed by atoms with van der Waals surface area (Å²) in [5.41, 5.74) is 1.83. The molecule has 72 valence electrons. The third kappa shape index (κ3) is 1.62. The third-order valence-corrected chi connectivity index (χ3v) is 2.72. The number of aromatic nitrogens is 2. The summed E-state index contributed by atoms with van der Waals surface area (Å²) in [7, 11) is 0. The summed E-state index contributed by atoms with van der Waals surface area (Å²) in [5, 5.41) is 1.70. The van der Waals surface area contributed by atoms with Gasteiger partial charge in [0, 0.05) is 5.39 Å². The van der Waals surface area contributed by atoms with Crippen molar-refractivity contribution >= 4 is 38.4 Å². The fourth-order valence-electron chi connectivity index (χ4n) is 1.42. The van der Waals surface area contributed by atoms with Gasteiger partial charge in [0.25, 0.3) is 0 Å². The van der Waals surface area contributed by atoms with Crippen LogP contribution in [0.25, 0.3) is 10.9 Å². The van der Waals surface area contributed by atoms with E-state index in [0.29, 0.717) is 9.76 Å². The van der Waals surface area contributed by atoms with Crippen LogP contribution in [0.5, 0.6) is 0 Å². The Labute approximate surface area is 95.5 Å². The van der Waals surface area contributed by atoms with Gasteiger partial charge in [0.15, 0.2) is 4.73 Å². The molecule has 0 radical (unpaired) electrons. The Balaban J connectivity index is 2.87. The van der Waals surface area contributed by atoms with Crippen molar-refractivity contribution in [2.45, 2.75) is 13.3 Å². The summed E-state index contributed by atoms with van der Waals surface area (Å²) >= 11 is 9.32. The minimum absolute atomic E-state index is 0.593. The smallest absolute Gasteiger partial charge is 0.197 e. The van der Waals surface area contributed by atoms with Gasteiger partial charge in [0.2, 0.25) is 0 Å². The van der Waals surface area contributed by atoms with E-state index in [0.717, 1.165) is 23.0 Å². The molecule has 0 spiro atoms. The number of para-hydroxylation sites is 1. The lowest BCUT2D eigenvalue weighted by molar-refractivity contribution is 1.01. The topological polar surface area (TPSA) is 25.8 Å². The van der Waals surface area contributed by atoms with Crippen LogP contribution in [0.3, 0.4) is 0 Å². The maximum absolute atomic E-state index is 6.05. The molecule has 0 aliphatic heterocycles. The van der Waals surface area contributed by atoms with Gasteiger partial charge in [-0.1, -0.05) is 30.7 Å².